The van der Waals surface area contributed by atoms with Gasteiger partial charge in [-0.1, -0.05) is 40.9 Å². The third-order valence-corrected chi connectivity index (χ3v) is 6.19. The van der Waals surface area contributed by atoms with Crippen molar-refractivity contribution in [3.05, 3.63) is 62.6 Å². The fourth-order valence-electron chi connectivity index (χ4n) is 2.16. The smallest absolute Gasteiger partial charge is 0.218 e. The molecule has 0 aliphatic heterocycles. The average molecular weight is 409 g/mol. The number of halogens is 3. The van der Waals surface area contributed by atoms with Gasteiger partial charge >= 0.3 is 0 Å². The van der Waals surface area contributed by atoms with E-state index >= 15 is 0 Å². The Bertz CT molecular complexity index is 840. The highest BCUT2D eigenvalue weighted by Crippen LogP contribution is 2.26. The minimum Gasteiger partial charge on any atom is -0.496 e. The summed E-state index contributed by atoms with van der Waals surface area (Å²) in [7, 11) is -0.514. The summed E-state index contributed by atoms with van der Waals surface area (Å²) in [5, 5.41) is 1.22. The standard InChI is InChI=1S/C16H16Cl3NO3S/c1-20(9-12-8-13(17)4-6-16(12)23-2)24(21,22)10-11-3-5-14(18)15(19)7-11/h3-8H,9-10H2,1-2H3. The quantitative estimate of drug-likeness (QED) is 0.701. The van der Waals surface area contributed by atoms with Crippen molar-refractivity contribution < 1.29 is 13.2 Å². The summed E-state index contributed by atoms with van der Waals surface area (Å²) in [6.45, 7) is 0.146. The summed E-state index contributed by atoms with van der Waals surface area (Å²) in [5.41, 5.74) is 1.25. The number of nitrogens with zero attached hydrogens (tertiary/aromatic N) is 1. The van der Waals surface area contributed by atoms with Gasteiger partial charge in [0.15, 0.2) is 0 Å². The molecule has 0 spiro atoms. The fourth-order valence-corrected chi connectivity index (χ4v) is 3.83. The van der Waals surface area contributed by atoms with Gasteiger partial charge in [0.25, 0.3) is 0 Å². The number of hydrogen-bond donors (Lipinski definition) is 0. The van der Waals surface area contributed by atoms with E-state index in [0.29, 0.717) is 31.9 Å². The maximum Gasteiger partial charge on any atom is 0.218 e. The van der Waals surface area contributed by atoms with Crippen LogP contribution in [0.15, 0.2) is 36.4 Å². The normalized spacial score (nSPS) is 11.8. The lowest BCUT2D eigenvalue weighted by Gasteiger charge is -2.19. The number of sulfonamides is 1. The lowest BCUT2D eigenvalue weighted by molar-refractivity contribution is 0.398. The molecule has 0 radical (unpaired) electrons. The third kappa shape index (κ3) is 4.77. The van der Waals surface area contributed by atoms with E-state index in [9.17, 15) is 8.42 Å². The van der Waals surface area contributed by atoms with Crippen LogP contribution in [0.2, 0.25) is 15.1 Å². The molecule has 0 bridgehead atoms. The number of rotatable bonds is 6. The SMILES string of the molecule is COc1ccc(Cl)cc1CN(C)S(=O)(=O)Cc1ccc(Cl)c(Cl)c1. The minimum absolute atomic E-state index is 0.146. The maximum atomic E-state index is 12.6. The van der Waals surface area contributed by atoms with Gasteiger partial charge in [0.05, 0.1) is 22.9 Å². The molecule has 0 saturated heterocycles. The highest BCUT2D eigenvalue weighted by molar-refractivity contribution is 7.88. The second-order valence-corrected chi connectivity index (χ2v) is 8.54. The Kier molecular flexibility index (Phi) is 6.39. The van der Waals surface area contributed by atoms with Crippen molar-refractivity contribution in [3.8, 4) is 5.75 Å². The predicted molar refractivity (Wildman–Crippen MR) is 98.6 cm³/mol. The van der Waals surface area contributed by atoms with Gasteiger partial charge in [-0.05, 0) is 35.9 Å². The van der Waals surface area contributed by atoms with E-state index in [0.717, 1.165) is 0 Å². The molecule has 0 amide bonds. The molecular formula is C16H16Cl3NO3S. The lowest BCUT2D eigenvalue weighted by atomic mass is 10.2. The first-order valence-corrected chi connectivity index (χ1v) is 9.67. The molecule has 0 aromatic heterocycles. The van der Waals surface area contributed by atoms with E-state index in [2.05, 4.69) is 0 Å². The predicted octanol–water partition coefficient (Wildman–Crippen LogP) is 4.62. The average Bonchev–Trinajstić information content (AvgIpc) is 2.51. The van der Waals surface area contributed by atoms with E-state index in [4.69, 9.17) is 39.5 Å². The van der Waals surface area contributed by atoms with Crippen molar-refractivity contribution in [2.45, 2.75) is 12.3 Å². The molecule has 2 aromatic rings. The first-order chi connectivity index (χ1) is 11.2. The molecule has 0 aliphatic rings. The van der Waals surface area contributed by atoms with Crippen molar-refractivity contribution >= 4 is 44.8 Å². The van der Waals surface area contributed by atoms with Crippen LogP contribution in [-0.4, -0.2) is 26.9 Å². The van der Waals surface area contributed by atoms with E-state index < -0.39 is 10.0 Å². The van der Waals surface area contributed by atoms with Crippen LogP contribution >= 0.6 is 34.8 Å². The van der Waals surface area contributed by atoms with Crippen LogP contribution < -0.4 is 4.74 Å². The number of ether oxygens (including phenoxy) is 1. The van der Waals surface area contributed by atoms with Crippen LogP contribution in [0.3, 0.4) is 0 Å². The summed E-state index contributed by atoms with van der Waals surface area (Å²) in [6, 6.07) is 9.85. The van der Waals surface area contributed by atoms with Crippen LogP contribution in [0.1, 0.15) is 11.1 Å². The van der Waals surface area contributed by atoms with Crippen molar-refractivity contribution in [2.24, 2.45) is 0 Å². The van der Waals surface area contributed by atoms with Crippen LogP contribution in [-0.2, 0) is 22.3 Å². The zero-order chi connectivity index (χ0) is 17.9. The van der Waals surface area contributed by atoms with Gasteiger partial charge in [-0.2, -0.15) is 0 Å². The Morgan fingerprint density at radius 3 is 2.38 bits per heavy atom. The molecule has 0 fully saturated rings. The molecular weight excluding hydrogens is 393 g/mol. The number of hydrogen-bond acceptors (Lipinski definition) is 3. The van der Waals surface area contributed by atoms with Crippen LogP contribution in [0.25, 0.3) is 0 Å². The zero-order valence-corrected chi connectivity index (χ0v) is 16.2. The molecule has 0 saturated carbocycles. The molecule has 2 aromatic carbocycles. The maximum absolute atomic E-state index is 12.6. The molecule has 24 heavy (non-hydrogen) atoms. The van der Waals surface area contributed by atoms with Crippen LogP contribution in [0, 0.1) is 0 Å². The zero-order valence-electron chi connectivity index (χ0n) is 13.1. The number of benzene rings is 2. The fraction of sp³-hybridized carbons (Fsp3) is 0.250. The van der Waals surface area contributed by atoms with Gasteiger partial charge in [0.2, 0.25) is 10.0 Å². The largest absolute Gasteiger partial charge is 0.496 e. The number of methoxy groups -OCH3 is 1. The summed E-state index contributed by atoms with van der Waals surface area (Å²) in [4.78, 5) is 0. The highest BCUT2D eigenvalue weighted by Gasteiger charge is 2.21. The first kappa shape index (κ1) is 19.3. The molecule has 0 aliphatic carbocycles. The molecule has 4 nitrogen and oxygen atoms in total. The van der Waals surface area contributed by atoms with Gasteiger partial charge < -0.3 is 4.74 Å². The van der Waals surface area contributed by atoms with Crippen molar-refractivity contribution in [1.82, 2.24) is 4.31 Å². The topological polar surface area (TPSA) is 46.6 Å². The van der Waals surface area contributed by atoms with Gasteiger partial charge in [0.1, 0.15) is 5.75 Å². The van der Waals surface area contributed by atoms with E-state index in [1.54, 1.807) is 36.4 Å². The van der Waals surface area contributed by atoms with E-state index in [1.165, 1.54) is 18.5 Å². The third-order valence-electron chi connectivity index (χ3n) is 3.44. The highest BCUT2D eigenvalue weighted by atomic mass is 35.5. The molecule has 0 N–H and O–H groups in total. The van der Waals surface area contributed by atoms with Gasteiger partial charge in [-0.3, -0.25) is 0 Å². The molecule has 0 heterocycles. The second-order valence-electron chi connectivity index (χ2n) is 5.22. The summed E-state index contributed by atoms with van der Waals surface area (Å²) in [6.07, 6.45) is 0. The Morgan fingerprint density at radius 2 is 1.75 bits per heavy atom. The van der Waals surface area contributed by atoms with E-state index in [1.807, 2.05) is 0 Å². The van der Waals surface area contributed by atoms with Crippen molar-refractivity contribution in [3.63, 3.8) is 0 Å². The Hall–Kier alpha value is -0.980. The Morgan fingerprint density at radius 1 is 1.04 bits per heavy atom. The molecule has 130 valence electrons. The van der Waals surface area contributed by atoms with Crippen molar-refractivity contribution in [2.75, 3.05) is 14.2 Å². The summed E-state index contributed by atoms with van der Waals surface area (Å²) < 4.78 is 31.6. The molecule has 0 atom stereocenters. The minimum atomic E-state index is -3.55. The van der Waals surface area contributed by atoms with Crippen LogP contribution in [0.4, 0.5) is 0 Å². The monoisotopic (exact) mass is 407 g/mol. The first-order valence-electron chi connectivity index (χ1n) is 6.93. The molecule has 8 heteroatoms. The second kappa shape index (κ2) is 7.93. The van der Waals surface area contributed by atoms with E-state index in [-0.39, 0.29) is 12.3 Å². The van der Waals surface area contributed by atoms with Gasteiger partial charge in [-0.25, -0.2) is 12.7 Å². The van der Waals surface area contributed by atoms with Crippen LogP contribution in [0.5, 0.6) is 5.75 Å². The van der Waals surface area contributed by atoms with Gasteiger partial charge in [-0.15, -0.1) is 0 Å². The summed E-state index contributed by atoms with van der Waals surface area (Å²) in [5.74, 6) is 0.402. The Labute approximate surface area is 156 Å². The molecule has 2 rings (SSSR count). The van der Waals surface area contributed by atoms with Crippen molar-refractivity contribution in [1.29, 1.82) is 0 Å². The van der Waals surface area contributed by atoms with Gasteiger partial charge in [0, 0.05) is 24.2 Å². The Balaban J connectivity index is 2.20. The molecule has 0 unspecified atom stereocenters. The summed E-state index contributed by atoms with van der Waals surface area (Å²) >= 11 is 17.8. The lowest BCUT2D eigenvalue weighted by Crippen LogP contribution is -2.28.